The Labute approximate surface area is 316 Å². The summed E-state index contributed by atoms with van der Waals surface area (Å²) in [5.41, 5.74) is 0. The van der Waals surface area contributed by atoms with Crippen LogP contribution in [0.4, 0.5) is 28.2 Å². The fraction of sp³-hybridized carbons (Fsp3) is 1.00. The predicted octanol–water partition coefficient (Wildman–Crippen LogP) is 4.86. The normalized spacial score (nSPS) is 27.3. The second kappa shape index (κ2) is 38.5. The Hall–Kier alpha value is -0.780. The van der Waals surface area contributed by atoms with E-state index in [9.17, 15) is 0 Å². The topological polar surface area (TPSA) is 41.1 Å². The van der Waals surface area contributed by atoms with Crippen LogP contribution in [-0.2, 0) is 9.47 Å². The van der Waals surface area contributed by atoms with E-state index in [1.165, 1.54) is 104 Å². The summed E-state index contributed by atoms with van der Waals surface area (Å²) in [5.74, 6) is 1.83. The third kappa shape index (κ3) is 36.2. The van der Waals surface area contributed by atoms with Crippen molar-refractivity contribution in [1.82, 2.24) is 34.3 Å². The molecule has 15 heteroatoms. The Kier molecular flexibility index (Phi) is 46.8. The van der Waals surface area contributed by atoms with Crippen molar-refractivity contribution in [3.63, 3.8) is 0 Å². The summed E-state index contributed by atoms with van der Waals surface area (Å²) in [7, 11) is 15.2. The molecule has 0 saturated carbocycles. The van der Waals surface area contributed by atoms with E-state index in [1.54, 1.807) is 0 Å². The summed E-state index contributed by atoms with van der Waals surface area (Å²) < 4.78 is 10.6. The molecule has 0 aromatic carbocycles. The fourth-order valence-electron chi connectivity index (χ4n) is 6.90. The van der Waals surface area contributed by atoms with E-state index in [2.05, 4.69) is 111 Å². The maximum atomic E-state index is 5.51. The molecule has 0 radical (unpaired) electrons. The highest BCUT2D eigenvalue weighted by atomic mass is 19.0. The quantitative estimate of drug-likeness (QED) is 0.322. The maximum absolute atomic E-state index is 5.51. The summed E-state index contributed by atoms with van der Waals surface area (Å²) in [6.45, 7) is 27.9. The van der Waals surface area contributed by atoms with Crippen LogP contribution in [0.2, 0.25) is 0 Å². The molecular weight excluding hydrogens is 688 g/mol. The maximum Gasteiger partial charge on any atom is 0.0678 e. The third-order valence-corrected chi connectivity index (χ3v) is 9.52. The average molecular weight is 776 g/mol. The van der Waals surface area contributed by atoms with E-state index in [-0.39, 0.29) is 28.2 Å². The monoisotopic (exact) mass is 776 g/mol. The van der Waals surface area contributed by atoms with Gasteiger partial charge in [0.15, 0.2) is 0 Å². The number of rotatable bonds is 0. The molecule has 4 unspecified atom stereocenters. The Morgan fingerprint density at radius 3 is 0.865 bits per heavy atom. The van der Waals surface area contributed by atoms with Crippen LogP contribution in [0.1, 0.15) is 66.2 Å². The van der Waals surface area contributed by atoms with E-state index < -0.39 is 0 Å². The van der Waals surface area contributed by atoms with Crippen molar-refractivity contribution in [3.8, 4) is 0 Å². The van der Waals surface area contributed by atoms with Crippen LogP contribution in [0, 0.1) is 11.8 Å². The number of hydrogen-bond donors (Lipinski definition) is 0. The number of likely N-dealkylation sites (N-methyl/N-ethyl adjacent to an activating group) is 4. The summed E-state index contributed by atoms with van der Waals surface area (Å²) in [4.78, 5) is 16.5. The highest BCUT2D eigenvalue weighted by Crippen LogP contribution is 2.19. The van der Waals surface area contributed by atoms with Gasteiger partial charge in [-0.05, 0) is 133 Å². The Morgan fingerprint density at radius 2 is 0.635 bits per heavy atom. The van der Waals surface area contributed by atoms with E-state index >= 15 is 0 Å². The van der Waals surface area contributed by atoms with Crippen molar-refractivity contribution in [3.05, 3.63) is 0 Å². The minimum absolute atomic E-state index is 0. The minimum Gasteiger partial charge on any atom is -0.379 e. The number of ether oxygens (including phenoxy) is 2. The molecule has 6 fully saturated rings. The van der Waals surface area contributed by atoms with Crippen LogP contribution in [0.5, 0.6) is 0 Å². The lowest BCUT2D eigenvalue weighted by atomic mass is 9.92. The van der Waals surface area contributed by atoms with Crippen LogP contribution in [-0.4, -0.2) is 201 Å². The summed E-state index contributed by atoms with van der Waals surface area (Å²) in [6, 6.07) is 0. The molecule has 0 aromatic heterocycles. The minimum atomic E-state index is 0. The van der Waals surface area contributed by atoms with E-state index in [1.807, 2.05) is 0 Å². The van der Waals surface area contributed by atoms with Crippen LogP contribution in [0.25, 0.3) is 0 Å². The first kappa shape index (κ1) is 63.2. The zero-order valence-electron chi connectivity index (χ0n) is 35.3. The molecular formula is C37H87F6N7O2. The molecule has 0 aromatic rings. The van der Waals surface area contributed by atoms with Gasteiger partial charge in [-0.25, -0.2) is 0 Å². The molecule has 0 aliphatic carbocycles. The van der Waals surface area contributed by atoms with E-state index in [4.69, 9.17) is 9.47 Å². The first-order valence-electron chi connectivity index (χ1n) is 18.9. The lowest BCUT2D eigenvalue weighted by molar-refractivity contribution is -0.0602. The molecule has 6 rings (SSSR count). The lowest BCUT2D eigenvalue weighted by Gasteiger charge is -2.32. The lowest BCUT2D eigenvalue weighted by Crippen LogP contribution is -2.42. The Bertz CT molecular complexity index is 605. The van der Waals surface area contributed by atoms with Gasteiger partial charge in [0.25, 0.3) is 0 Å². The fourth-order valence-corrected chi connectivity index (χ4v) is 6.90. The van der Waals surface area contributed by atoms with Gasteiger partial charge in [-0.15, -0.1) is 0 Å². The smallest absolute Gasteiger partial charge is 0.0678 e. The molecule has 52 heavy (non-hydrogen) atoms. The van der Waals surface area contributed by atoms with Crippen molar-refractivity contribution in [2.75, 3.05) is 154 Å². The van der Waals surface area contributed by atoms with Crippen molar-refractivity contribution in [2.24, 2.45) is 11.8 Å². The van der Waals surface area contributed by atoms with Crippen molar-refractivity contribution < 1.29 is 37.7 Å². The largest absolute Gasteiger partial charge is 0.379 e. The zero-order chi connectivity index (χ0) is 34.3. The van der Waals surface area contributed by atoms with Crippen molar-refractivity contribution in [1.29, 1.82) is 0 Å². The molecule has 0 amide bonds. The van der Waals surface area contributed by atoms with Gasteiger partial charge in [-0.3, -0.25) is 28.2 Å². The van der Waals surface area contributed by atoms with Crippen molar-refractivity contribution >= 4 is 0 Å². The van der Waals surface area contributed by atoms with Crippen LogP contribution in [0.3, 0.4) is 0 Å². The van der Waals surface area contributed by atoms with Gasteiger partial charge in [-0.1, -0.05) is 20.3 Å². The number of nitrogens with zero attached hydrogens (tertiary/aromatic N) is 7. The van der Waals surface area contributed by atoms with Gasteiger partial charge < -0.3 is 43.8 Å². The van der Waals surface area contributed by atoms with Gasteiger partial charge in [0.05, 0.1) is 25.4 Å². The predicted molar refractivity (Wildman–Crippen MR) is 214 cm³/mol. The van der Waals surface area contributed by atoms with Gasteiger partial charge in [0.1, 0.15) is 0 Å². The molecule has 6 saturated heterocycles. The van der Waals surface area contributed by atoms with Crippen molar-refractivity contribution in [2.45, 2.75) is 78.4 Å². The summed E-state index contributed by atoms with van der Waals surface area (Å²) in [6.07, 6.45) is 9.35. The second-order valence-corrected chi connectivity index (χ2v) is 15.5. The van der Waals surface area contributed by atoms with Crippen LogP contribution in [0.15, 0.2) is 0 Å². The highest BCUT2D eigenvalue weighted by molar-refractivity contribution is 4.72. The van der Waals surface area contributed by atoms with Gasteiger partial charge >= 0.3 is 0 Å². The number of likely N-dealkylation sites (tertiary alicyclic amines) is 3. The number of halogens is 6. The zero-order valence-corrected chi connectivity index (χ0v) is 35.3. The van der Waals surface area contributed by atoms with Crippen LogP contribution >= 0.6 is 0 Å². The standard InChI is InChI=1S/C8H17N.C7H15NO.C6H14N2.C6H13N.C5H11NO.C5H11N.6FH/c1-7-4-8(2)6-9(3)5-7;1-6-4-8(3)5-7(2)9-6;1-7-3-5-8(2)6-4-7;1-7-5-3-2-4-6-7;1-6-2-4-7-5-3-6;1-6-4-2-3-5-6;;;;;;/h7-8H,4-6H2,1-3H3;6-7H,4-5H2,1-3H3;3-6H2,1-2H3;2-6H2,1H3;2-5H2,1H3;2-5H2,1H3;6*1H. The molecule has 9 nitrogen and oxygen atoms in total. The molecule has 0 N–H and O–H groups in total. The summed E-state index contributed by atoms with van der Waals surface area (Å²) in [5, 5.41) is 0. The van der Waals surface area contributed by atoms with Crippen LogP contribution < -0.4 is 0 Å². The van der Waals surface area contributed by atoms with Gasteiger partial charge in [0, 0.05) is 65.4 Å². The number of piperidine rings is 2. The highest BCUT2D eigenvalue weighted by Gasteiger charge is 2.19. The average Bonchev–Trinajstić information content (AvgIpc) is 3.47. The molecule has 6 aliphatic rings. The first-order chi connectivity index (χ1) is 21.8. The summed E-state index contributed by atoms with van der Waals surface area (Å²) >= 11 is 0. The molecule has 4 atom stereocenters. The molecule has 6 aliphatic heterocycles. The van der Waals surface area contributed by atoms with E-state index in [0.29, 0.717) is 12.2 Å². The Morgan fingerprint density at radius 1 is 0.346 bits per heavy atom. The molecule has 6 heterocycles. The number of hydrogen-bond acceptors (Lipinski definition) is 9. The molecule has 0 spiro atoms. The number of morpholine rings is 2. The van der Waals surface area contributed by atoms with Gasteiger partial charge in [0.2, 0.25) is 0 Å². The second-order valence-electron chi connectivity index (χ2n) is 15.5. The molecule has 324 valence electrons. The SMILES string of the molecule is CC1CC(C)CN(C)C1.CC1CN(C)CC(C)O1.CN1CCCC1.CN1CCCCC1.CN1CCN(C)CC1.CN1CCOCC1.F.F.F.F.F.F. The van der Waals surface area contributed by atoms with E-state index in [0.717, 1.165) is 51.2 Å². The third-order valence-electron chi connectivity index (χ3n) is 9.52. The molecule has 0 bridgehead atoms. The number of piperazine rings is 1. The first-order valence-corrected chi connectivity index (χ1v) is 18.9. The Balaban J connectivity index is -0.000000120. The van der Waals surface area contributed by atoms with Gasteiger partial charge in [-0.2, -0.15) is 0 Å².